The molecule has 6 heteroatoms. The lowest BCUT2D eigenvalue weighted by atomic mass is 10.1. The van der Waals surface area contributed by atoms with Gasteiger partial charge in [0.25, 0.3) is 0 Å². The van der Waals surface area contributed by atoms with E-state index >= 15 is 0 Å². The number of nitrogens with one attached hydrogen (secondary N) is 1. The Morgan fingerprint density at radius 3 is 2.42 bits per heavy atom. The van der Waals surface area contributed by atoms with Crippen molar-refractivity contribution in [2.24, 2.45) is 0 Å². The van der Waals surface area contributed by atoms with Gasteiger partial charge in [0.2, 0.25) is 0 Å². The normalized spacial score (nSPS) is 12.1. The average Bonchev–Trinajstić information content (AvgIpc) is 3.31. The maximum atomic E-state index is 5.49. The summed E-state index contributed by atoms with van der Waals surface area (Å²) in [6.07, 6.45) is 2.77. The summed E-state index contributed by atoms with van der Waals surface area (Å²) in [6, 6.07) is 10.3. The molecule has 0 spiro atoms. The molecule has 4 nitrogen and oxygen atoms in total. The van der Waals surface area contributed by atoms with Gasteiger partial charge >= 0.3 is 0 Å². The first-order valence-corrected chi connectivity index (χ1v) is 9.42. The smallest absolute Gasteiger partial charge is 0.127 e. The van der Waals surface area contributed by atoms with E-state index in [1.165, 1.54) is 4.88 Å². The molecule has 0 aliphatic heterocycles. The van der Waals surface area contributed by atoms with E-state index in [1.807, 2.05) is 29.8 Å². The monoisotopic (exact) mass is 360 g/mol. The van der Waals surface area contributed by atoms with Crippen LogP contribution in [0, 0.1) is 0 Å². The summed E-state index contributed by atoms with van der Waals surface area (Å²) in [7, 11) is 3.37. The number of thiazole rings is 1. The van der Waals surface area contributed by atoms with Gasteiger partial charge in [-0.3, -0.25) is 0 Å². The number of benzene rings is 1. The molecule has 0 aliphatic rings. The fraction of sp³-hybridized carbons (Fsp3) is 0.278. The minimum atomic E-state index is 0.165. The molecule has 3 aromatic rings. The largest absolute Gasteiger partial charge is 0.496 e. The second-order valence-corrected chi connectivity index (χ2v) is 7.19. The summed E-state index contributed by atoms with van der Waals surface area (Å²) in [5.74, 6) is 1.66. The molecule has 1 unspecified atom stereocenters. The summed E-state index contributed by atoms with van der Waals surface area (Å²) in [5.41, 5.74) is 1.02. The lowest BCUT2D eigenvalue weighted by Crippen LogP contribution is -2.23. The van der Waals surface area contributed by atoms with Crippen molar-refractivity contribution in [1.82, 2.24) is 10.3 Å². The molecule has 1 aromatic carbocycles. The molecule has 0 radical (unpaired) electrons. The highest BCUT2D eigenvalue weighted by Crippen LogP contribution is 2.30. The van der Waals surface area contributed by atoms with E-state index in [0.29, 0.717) is 6.54 Å². The molecular formula is C18H20N2O2S2. The van der Waals surface area contributed by atoms with E-state index in [1.54, 1.807) is 36.9 Å². The number of nitrogens with zero attached hydrogens (tertiary/aromatic N) is 1. The van der Waals surface area contributed by atoms with Crippen LogP contribution in [0.5, 0.6) is 11.5 Å². The summed E-state index contributed by atoms with van der Waals surface area (Å²) in [4.78, 5) is 5.84. The van der Waals surface area contributed by atoms with Crippen LogP contribution >= 0.6 is 22.7 Å². The molecule has 1 atom stereocenters. The van der Waals surface area contributed by atoms with Crippen LogP contribution in [-0.2, 0) is 13.0 Å². The van der Waals surface area contributed by atoms with E-state index in [-0.39, 0.29) is 6.04 Å². The topological polar surface area (TPSA) is 43.4 Å². The molecule has 24 heavy (non-hydrogen) atoms. The van der Waals surface area contributed by atoms with Crippen LogP contribution in [0.4, 0.5) is 0 Å². The van der Waals surface area contributed by atoms with Crippen molar-refractivity contribution in [3.8, 4) is 11.5 Å². The molecule has 0 bridgehead atoms. The Morgan fingerprint density at radius 2 is 1.83 bits per heavy atom. The van der Waals surface area contributed by atoms with Crippen molar-refractivity contribution in [3.05, 3.63) is 62.7 Å². The summed E-state index contributed by atoms with van der Waals surface area (Å²) in [6.45, 7) is 0.656. The molecule has 0 amide bonds. The van der Waals surface area contributed by atoms with Crippen LogP contribution in [0.1, 0.15) is 21.5 Å². The molecule has 1 N–H and O–H groups in total. The molecule has 0 saturated carbocycles. The third kappa shape index (κ3) is 3.95. The van der Waals surface area contributed by atoms with E-state index in [9.17, 15) is 0 Å². The van der Waals surface area contributed by atoms with Gasteiger partial charge in [0.1, 0.15) is 16.5 Å². The zero-order valence-corrected chi connectivity index (χ0v) is 15.3. The molecule has 2 heterocycles. The number of aromatic nitrogens is 1. The van der Waals surface area contributed by atoms with Crippen molar-refractivity contribution in [2.45, 2.75) is 19.0 Å². The van der Waals surface area contributed by atoms with E-state index in [2.05, 4.69) is 27.8 Å². The van der Waals surface area contributed by atoms with Gasteiger partial charge in [0, 0.05) is 35.0 Å². The van der Waals surface area contributed by atoms with Crippen LogP contribution in [-0.4, -0.2) is 19.2 Å². The Morgan fingerprint density at radius 1 is 1.04 bits per heavy atom. The van der Waals surface area contributed by atoms with Crippen molar-refractivity contribution in [3.63, 3.8) is 0 Å². The SMILES string of the molecule is COc1cccc(OC)c1CNC(Cc1cccs1)c1nccs1. The number of hydrogen-bond donors (Lipinski definition) is 1. The molecule has 3 rings (SSSR count). The third-order valence-electron chi connectivity index (χ3n) is 3.79. The predicted octanol–water partition coefficient (Wildman–Crippen LogP) is 4.30. The molecule has 0 saturated heterocycles. The van der Waals surface area contributed by atoms with Crippen LogP contribution in [0.15, 0.2) is 47.3 Å². The van der Waals surface area contributed by atoms with E-state index in [4.69, 9.17) is 9.47 Å². The van der Waals surface area contributed by atoms with Gasteiger partial charge < -0.3 is 14.8 Å². The first-order chi connectivity index (χ1) is 11.8. The number of ether oxygens (including phenoxy) is 2. The highest BCUT2D eigenvalue weighted by molar-refractivity contribution is 7.10. The second-order valence-electron chi connectivity index (χ2n) is 5.23. The zero-order chi connectivity index (χ0) is 16.8. The maximum absolute atomic E-state index is 5.49. The Kier molecular flexibility index (Phi) is 5.85. The summed E-state index contributed by atoms with van der Waals surface area (Å²) < 4.78 is 11.0. The van der Waals surface area contributed by atoms with Gasteiger partial charge in [0.15, 0.2) is 0 Å². The van der Waals surface area contributed by atoms with Gasteiger partial charge in [-0.2, -0.15) is 0 Å². The molecule has 126 valence electrons. The van der Waals surface area contributed by atoms with Crippen LogP contribution < -0.4 is 14.8 Å². The molecule has 0 fully saturated rings. The predicted molar refractivity (Wildman–Crippen MR) is 99.3 cm³/mol. The highest BCUT2D eigenvalue weighted by atomic mass is 32.1. The molecule has 0 aliphatic carbocycles. The first kappa shape index (κ1) is 17.0. The van der Waals surface area contributed by atoms with Crippen LogP contribution in [0.25, 0.3) is 0 Å². The van der Waals surface area contributed by atoms with Crippen LogP contribution in [0.2, 0.25) is 0 Å². The van der Waals surface area contributed by atoms with Crippen molar-refractivity contribution < 1.29 is 9.47 Å². The van der Waals surface area contributed by atoms with Crippen LogP contribution in [0.3, 0.4) is 0 Å². The van der Waals surface area contributed by atoms with Gasteiger partial charge in [-0.05, 0) is 23.6 Å². The molecular weight excluding hydrogens is 340 g/mol. The van der Waals surface area contributed by atoms with Crippen molar-refractivity contribution in [2.75, 3.05) is 14.2 Å². The minimum absolute atomic E-state index is 0.165. The zero-order valence-electron chi connectivity index (χ0n) is 13.7. The van der Waals surface area contributed by atoms with E-state index < -0.39 is 0 Å². The Balaban J connectivity index is 1.79. The van der Waals surface area contributed by atoms with Crippen molar-refractivity contribution >= 4 is 22.7 Å². The average molecular weight is 361 g/mol. The van der Waals surface area contributed by atoms with E-state index in [0.717, 1.165) is 28.5 Å². The minimum Gasteiger partial charge on any atom is -0.496 e. The lowest BCUT2D eigenvalue weighted by molar-refractivity contribution is 0.379. The number of rotatable bonds is 8. The van der Waals surface area contributed by atoms with Crippen molar-refractivity contribution in [1.29, 1.82) is 0 Å². The second kappa shape index (κ2) is 8.28. The fourth-order valence-electron chi connectivity index (χ4n) is 2.61. The highest BCUT2D eigenvalue weighted by Gasteiger charge is 2.17. The standard InChI is InChI=1S/C18H20N2O2S2/c1-21-16-6-3-7-17(22-2)14(16)12-20-15(18-19-8-10-24-18)11-13-5-4-9-23-13/h3-10,15,20H,11-12H2,1-2H3. The third-order valence-corrected chi connectivity index (χ3v) is 5.58. The number of thiophene rings is 1. The lowest BCUT2D eigenvalue weighted by Gasteiger charge is -2.19. The fourth-order valence-corrected chi connectivity index (χ4v) is 4.08. The number of methoxy groups -OCH3 is 2. The summed E-state index contributed by atoms with van der Waals surface area (Å²) in [5, 5.41) is 8.84. The summed E-state index contributed by atoms with van der Waals surface area (Å²) >= 11 is 3.45. The first-order valence-electron chi connectivity index (χ1n) is 7.67. The Labute approximate surface area is 150 Å². The number of hydrogen-bond acceptors (Lipinski definition) is 6. The Hall–Kier alpha value is -1.89. The maximum Gasteiger partial charge on any atom is 0.127 e. The van der Waals surface area contributed by atoms with Gasteiger partial charge in [0.05, 0.1) is 20.3 Å². The van der Waals surface area contributed by atoms with Gasteiger partial charge in [-0.1, -0.05) is 12.1 Å². The van der Waals surface area contributed by atoms with Gasteiger partial charge in [-0.25, -0.2) is 4.98 Å². The Bertz CT molecular complexity index is 720. The molecule has 2 aromatic heterocycles. The van der Waals surface area contributed by atoms with Gasteiger partial charge in [-0.15, -0.1) is 22.7 Å². The quantitative estimate of drug-likeness (QED) is 0.651.